The summed E-state index contributed by atoms with van der Waals surface area (Å²) in [5.41, 5.74) is 0. The highest BCUT2D eigenvalue weighted by Gasteiger charge is 2.35. The molecule has 2 unspecified atom stereocenters. The molecule has 0 aliphatic carbocycles. The van der Waals surface area contributed by atoms with Crippen LogP contribution in [0.3, 0.4) is 0 Å². The van der Waals surface area contributed by atoms with Gasteiger partial charge < -0.3 is 4.57 Å². The lowest BCUT2D eigenvalue weighted by atomic mass is 10.0. The quantitative estimate of drug-likeness (QED) is 0.273. The minimum absolute atomic E-state index is 0.485. The van der Waals surface area contributed by atoms with E-state index in [-0.39, 0.29) is 0 Å². The summed E-state index contributed by atoms with van der Waals surface area (Å²) in [6.45, 7) is 5.86. The molecule has 0 saturated carbocycles. The van der Waals surface area contributed by atoms with Crippen molar-refractivity contribution in [2.75, 3.05) is 5.75 Å². The van der Waals surface area contributed by atoms with E-state index in [1.165, 1.54) is 95.6 Å². The summed E-state index contributed by atoms with van der Waals surface area (Å²) in [4.78, 5) is 4.18. The Morgan fingerprint density at radius 1 is 0.963 bits per heavy atom. The molecule has 27 heavy (non-hydrogen) atoms. The van der Waals surface area contributed by atoms with Crippen molar-refractivity contribution in [1.29, 1.82) is 0 Å². The van der Waals surface area contributed by atoms with Gasteiger partial charge in [0, 0.05) is 24.2 Å². The third-order valence-corrected chi connectivity index (χ3v) is 9.24. The molecule has 2 heterocycles. The molecule has 0 N–H and O–H groups in total. The Labute approximate surface area is 177 Å². The second-order valence-electron chi connectivity index (χ2n) is 8.31. The molecule has 2 rings (SSSR count). The molecule has 1 saturated heterocycles. The van der Waals surface area contributed by atoms with Crippen molar-refractivity contribution in [2.45, 2.75) is 120 Å². The van der Waals surface area contributed by atoms with Gasteiger partial charge in [-0.25, -0.2) is 4.98 Å². The fourth-order valence-corrected chi connectivity index (χ4v) is 8.17. The molecule has 1 aliphatic heterocycles. The molecule has 2 atom stereocenters. The highest BCUT2D eigenvalue weighted by molar-refractivity contribution is 8.19. The third kappa shape index (κ3) is 9.78. The summed E-state index contributed by atoms with van der Waals surface area (Å²) in [7, 11) is 0. The molecular weight excluding hydrogens is 368 g/mol. The third-order valence-electron chi connectivity index (χ3n) is 5.75. The lowest BCUT2D eigenvalue weighted by molar-refractivity contribution is 0.513. The van der Waals surface area contributed by atoms with Gasteiger partial charge in [0.25, 0.3) is 0 Å². The average Bonchev–Trinajstić information content (AvgIpc) is 3.17. The van der Waals surface area contributed by atoms with Crippen LogP contribution in [0.15, 0.2) is 18.7 Å². The van der Waals surface area contributed by atoms with E-state index in [1.807, 2.05) is 12.5 Å². The van der Waals surface area contributed by atoms with Gasteiger partial charge in [-0.3, -0.25) is 0 Å². The lowest BCUT2D eigenvalue weighted by Gasteiger charge is -2.39. The predicted octanol–water partition coefficient (Wildman–Crippen LogP) is 7.93. The van der Waals surface area contributed by atoms with Crippen molar-refractivity contribution in [3.63, 3.8) is 0 Å². The summed E-state index contributed by atoms with van der Waals surface area (Å²) in [6.07, 6.45) is 25.7. The Morgan fingerprint density at radius 3 is 2.26 bits per heavy atom. The molecule has 1 aliphatic rings. The Morgan fingerprint density at radius 2 is 1.63 bits per heavy atom. The van der Waals surface area contributed by atoms with Gasteiger partial charge in [-0.1, -0.05) is 78.1 Å². The number of hydrogen-bond donors (Lipinski definition) is 0. The van der Waals surface area contributed by atoms with Crippen LogP contribution < -0.4 is 0 Å². The maximum absolute atomic E-state index is 4.18. The summed E-state index contributed by atoms with van der Waals surface area (Å²) >= 11 is 4.56. The van der Waals surface area contributed by atoms with Crippen molar-refractivity contribution in [3.05, 3.63) is 18.7 Å². The van der Waals surface area contributed by atoms with E-state index in [1.54, 1.807) is 0 Å². The van der Waals surface area contributed by atoms with Crippen LogP contribution in [0.1, 0.15) is 104 Å². The Hall–Kier alpha value is -0.0900. The van der Waals surface area contributed by atoms with Gasteiger partial charge in [-0.05, 0) is 31.4 Å². The first-order valence-corrected chi connectivity index (χ1v) is 13.4. The van der Waals surface area contributed by atoms with Crippen molar-refractivity contribution < 1.29 is 0 Å². The van der Waals surface area contributed by atoms with Crippen LogP contribution in [-0.4, -0.2) is 24.6 Å². The summed E-state index contributed by atoms with van der Waals surface area (Å²) in [6, 6.07) is 0. The van der Waals surface area contributed by atoms with Gasteiger partial charge in [0.1, 0.15) is 0 Å². The molecule has 0 bridgehead atoms. The van der Waals surface area contributed by atoms with E-state index in [9.17, 15) is 0 Å². The van der Waals surface area contributed by atoms with Gasteiger partial charge >= 0.3 is 0 Å². The van der Waals surface area contributed by atoms with Crippen molar-refractivity contribution in [2.24, 2.45) is 0 Å². The Kier molecular flexibility index (Phi) is 12.0. The summed E-state index contributed by atoms with van der Waals surface area (Å²) < 4.78 is 2.72. The molecule has 2 nitrogen and oxygen atoms in total. The van der Waals surface area contributed by atoms with Crippen LogP contribution in [0, 0.1) is 0 Å². The van der Waals surface area contributed by atoms with E-state index >= 15 is 0 Å². The van der Waals surface area contributed by atoms with Gasteiger partial charge in [0.2, 0.25) is 0 Å². The zero-order valence-corrected chi connectivity index (χ0v) is 19.5. The summed E-state index contributed by atoms with van der Waals surface area (Å²) in [5, 5.41) is 0.836. The second-order valence-corrected chi connectivity index (χ2v) is 11.9. The molecule has 1 aromatic rings. The first kappa shape index (κ1) is 23.2. The lowest BCUT2D eigenvalue weighted by Crippen LogP contribution is -2.29. The smallest absolute Gasteiger partial charge is 0.0945 e. The molecule has 0 amide bonds. The molecule has 0 radical (unpaired) electrons. The van der Waals surface area contributed by atoms with Crippen LogP contribution in [-0.2, 0) is 6.54 Å². The first-order valence-electron chi connectivity index (χ1n) is 11.5. The minimum atomic E-state index is 0.485. The fraction of sp³-hybridized carbons (Fsp3) is 0.870. The van der Waals surface area contributed by atoms with Gasteiger partial charge in [0.05, 0.1) is 10.4 Å². The van der Waals surface area contributed by atoms with E-state index in [2.05, 4.69) is 53.1 Å². The standard InChI is InChI=1S/C23H42N2S2/c1-3-4-5-6-7-8-9-10-11-12-15-23(26-20-14-22(2)27-23)16-13-18-25-19-17-24-21-25/h17,19,21-22H,3-16,18,20H2,1-2H3. The molecule has 156 valence electrons. The molecule has 0 aromatic carbocycles. The van der Waals surface area contributed by atoms with Gasteiger partial charge in [-0.15, -0.1) is 23.5 Å². The Bertz CT molecular complexity index is 463. The number of thioether (sulfide) groups is 2. The van der Waals surface area contributed by atoms with Crippen molar-refractivity contribution >= 4 is 23.5 Å². The van der Waals surface area contributed by atoms with Crippen LogP contribution >= 0.6 is 23.5 Å². The van der Waals surface area contributed by atoms with Crippen molar-refractivity contribution in [1.82, 2.24) is 9.55 Å². The number of hydrogen-bond acceptors (Lipinski definition) is 3. The highest BCUT2D eigenvalue weighted by atomic mass is 32.2. The topological polar surface area (TPSA) is 17.8 Å². The van der Waals surface area contributed by atoms with Gasteiger partial charge in [0.15, 0.2) is 0 Å². The number of imidazole rings is 1. The fourth-order valence-electron chi connectivity index (χ4n) is 4.09. The number of nitrogens with zero attached hydrogens (tertiary/aromatic N) is 2. The van der Waals surface area contributed by atoms with E-state index in [0.29, 0.717) is 4.08 Å². The van der Waals surface area contributed by atoms with Crippen LogP contribution in [0.2, 0.25) is 0 Å². The first-order chi connectivity index (χ1) is 13.2. The number of unbranched alkanes of at least 4 members (excludes halogenated alkanes) is 9. The molecule has 0 spiro atoms. The largest absolute Gasteiger partial charge is 0.337 e. The second kappa shape index (κ2) is 14.0. The predicted molar refractivity (Wildman–Crippen MR) is 125 cm³/mol. The molecule has 4 heteroatoms. The van der Waals surface area contributed by atoms with Gasteiger partial charge in [-0.2, -0.15) is 0 Å². The summed E-state index contributed by atoms with van der Waals surface area (Å²) in [5.74, 6) is 1.36. The SMILES string of the molecule is CCCCCCCCCCCCC1(CCCn2ccnc2)SCCC(C)S1. The molecule has 1 fully saturated rings. The Balaban J connectivity index is 1.60. The minimum Gasteiger partial charge on any atom is -0.337 e. The monoisotopic (exact) mass is 410 g/mol. The van der Waals surface area contributed by atoms with E-state index < -0.39 is 0 Å². The van der Waals surface area contributed by atoms with E-state index in [0.717, 1.165) is 11.8 Å². The average molecular weight is 411 g/mol. The van der Waals surface area contributed by atoms with Crippen LogP contribution in [0.25, 0.3) is 0 Å². The van der Waals surface area contributed by atoms with Crippen LogP contribution in [0.5, 0.6) is 0 Å². The maximum atomic E-state index is 4.18. The maximum Gasteiger partial charge on any atom is 0.0945 e. The van der Waals surface area contributed by atoms with Crippen LogP contribution in [0.4, 0.5) is 0 Å². The number of rotatable bonds is 15. The zero-order valence-electron chi connectivity index (χ0n) is 17.8. The normalized spacial score (nSPS) is 23.0. The number of aromatic nitrogens is 2. The molecular formula is C23H42N2S2. The van der Waals surface area contributed by atoms with Crippen molar-refractivity contribution in [3.8, 4) is 0 Å². The number of aryl methyl sites for hydroxylation is 1. The zero-order chi connectivity index (χ0) is 19.2. The highest BCUT2D eigenvalue weighted by Crippen LogP contribution is 2.51. The molecule has 1 aromatic heterocycles. The van der Waals surface area contributed by atoms with E-state index in [4.69, 9.17) is 0 Å².